The van der Waals surface area contributed by atoms with Crippen LogP contribution in [0.5, 0.6) is 0 Å². The first-order chi connectivity index (χ1) is 14.3. The quantitative estimate of drug-likeness (QED) is 0.312. The predicted octanol–water partition coefficient (Wildman–Crippen LogP) is 5.00. The monoisotopic (exact) mass is 431 g/mol. The van der Waals surface area contributed by atoms with Crippen LogP contribution in [-0.4, -0.2) is 38.4 Å². The summed E-state index contributed by atoms with van der Waals surface area (Å²) in [7, 11) is -2.00. The molecular formula is C23H29NO5S. The van der Waals surface area contributed by atoms with E-state index in [4.69, 9.17) is 0 Å². The number of benzene rings is 2. The summed E-state index contributed by atoms with van der Waals surface area (Å²) in [4.78, 5) is 10.1. The average Bonchev–Trinajstić information content (AvgIpc) is 3.08. The van der Waals surface area contributed by atoms with Gasteiger partial charge in [-0.2, -0.15) is 8.42 Å². The number of hydrogen-bond acceptors (Lipinski definition) is 5. The van der Waals surface area contributed by atoms with Gasteiger partial charge in [-0.15, -0.1) is 0 Å². The van der Waals surface area contributed by atoms with Crippen LogP contribution >= 0.6 is 0 Å². The van der Waals surface area contributed by atoms with E-state index in [1.165, 1.54) is 28.9 Å². The summed E-state index contributed by atoms with van der Waals surface area (Å²) >= 11 is 0. The minimum atomic E-state index is -3.17. The van der Waals surface area contributed by atoms with Crippen LogP contribution in [0.25, 0.3) is 28.0 Å². The minimum absolute atomic E-state index is 0.115. The van der Waals surface area contributed by atoms with Crippen LogP contribution in [0.1, 0.15) is 20.3 Å². The highest BCUT2D eigenvalue weighted by atomic mass is 32.2. The van der Waals surface area contributed by atoms with Gasteiger partial charge in [0, 0.05) is 23.0 Å². The number of carbonyl (C=O) groups is 1. The molecule has 0 radical (unpaired) electrons. The Morgan fingerprint density at radius 1 is 1.00 bits per heavy atom. The fourth-order valence-electron chi connectivity index (χ4n) is 2.68. The number of esters is 1. The van der Waals surface area contributed by atoms with Crippen LogP contribution in [0.4, 0.5) is 0 Å². The molecule has 2 aromatic carbocycles. The lowest BCUT2D eigenvalue weighted by Crippen LogP contribution is -2.05. The number of carbonyl (C=O) groups excluding carboxylic acids is 1. The Bertz CT molecular complexity index is 1030. The average molecular weight is 432 g/mol. The highest BCUT2D eigenvalue weighted by Crippen LogP contribution is 2.28. The van der Waals surface area contributed by atoms with Crippen molar-refractivity contribution in [1.29, 1.82) is 0 Å². The van der Waals surface area contributed by atoms with Gasteiger partial charge in [0.2, 0.25) is 0 Å². The van der Waals surface area contributed by atoms with E-state index in [1.807, 2.05) is 6.20 Å². The first-order valence-electron chi connectivity index (χ1n) is 9.52. The molecule has 3 rings (SSSR count). The van der Waals surface area contributed by atoms with Crippen LogP contribution in [0, 0.1) is 0 Å². The van der Waals surface area contributed by atoms with Gasteiger partial charge in [0.25, 0.3) is 10.1 Å². The topological polar surface area (TPSA) is 74.6 Å². The van der Waals surface area contributed by atoms with Gasteiger partial charge >= 0.3 is 5.97 Å². The molecule has 7 heteroatoms. The van der Waals surface area contributed by atoms with E-state index in [0.29, 0.717) is 13.0 Å². The Morgan fingerprint density at radius 3 is 1.80 bits per heavy atom. The molecular weight excluding hydrogens is 402 g/mol. The maximum Gasteiger partial charge on any atom is 0.330 e. The maximum absolute atomic E-state index is 10.4. The van der Waals surface area contributed by atoms with Gasteiger partial charge in [0.15, 0.2) is 0 Å². The second kappa shape index (κ2) is 12.6. The molecule has 0 fully saturated rings. The Morgan fingerprint density at radius 2 is 1.50 bits per heavy atom. The third kappa shape index (κ3) is 7.17. The van der Waals surface area contributed by atoms with Crippen molar-refractivity contribution in [1.82, 2.24) is 4.57 Å². The first kappa shape index (κ1) is 25.1. The molecule has 0 aliphatic rings. The van der Waals surface area contributed by atoms with E-state index in [-0.39, 0.29) is 11.7 Å². The summed E-state index contributed by atoms with van der Waals surface area (Å²) in [5, 5.41) is 2.57. The summed E-state index contributed by atoms with van der Waals surface area (Å²) < 4.78 is 31.5. The normalized spacial score (nSPS) is 10.4. The number of para-hydroxylation sites is 2. The van der Waals surface area contributed by atoms with Crippen molar-refractivity contribution in [3.63, 3.8) is 0 Å². The summed E-state index contributed by atoms with van der Waals surface area (Å²) in [5.41, 5.74) is 2.43. The molecule has 0 aliphatic carbocycles. The van der Waals surface area contributed by atoms with Gasteiger partial charge in [-0.25, -0.2) is 4.79 Å². The third-order valence-corrected chi connectivity index (χ3v) is 5.38. The fourth-order valence-corrected chi connectivity index (χ4v) is 3.35. The summed E-state index contributed by atoms with van der Waals surface area (Å²) in [5.74, 6) is -0.244. The molecule has 0 atom stereocenters. The van der Waals surface area contributed by atoms with Crippen LogP contribution in [0.15, 0.2) is 67.8 Å². The highest BCUT2D eigenvalue weighted by Gasteiger charge is 2.06. The Kier molecular flexibility index (Phi) is 10.6. The van der Waals surface area contributed by atoms with Crippen molar-refractivity contribution in [3.05, 3.63) is 67.8 Å². The lowest BCUT2D eigenvalue weighted by Gasteiger charge is -1.97. The summed E-state index contributed by atoms with van der Waals surface area (Å²) in [6.45, 7) is 11.0. The van der Waals surface area contributed by atoms with E-state index in [2.05, 4.69) is 75.2 Å². The van der Waals surface area contributed by atoms with Crippen molar-refractivity contribution in [2.75, 3.05) is 19.5 Å². The molecule has 162 valence electrons. The van der Waals surface area contributed by atoms with Crippen LogP contribution in [-0.2, 0) is 23.8 Å². The zero-order valence-electron chi connectivity index (χ0n) is 17.7. The number of ether oxygens (including phenoxy) is 1. The van der Waals surface area contributed by atoms with E-state index in [0.717, 1.165) is 6.08 Å². The van der Waals surface area contributed by atoms with E-state index in [1.54, 1.807) is 13.8 Å². The number of fused-ring (bicyclic) bond motifs is 3. The molecule has 0 spiro atoms. The van der Waals surface area contributed by atoms with Gasteiger partial charge in [-0.1, -0.05) is 56.5 Å². The van der Waals surface area contributed by atoms with Crippen molar-refractivity contribution in [3.8, 4) is 0 Å². The molecule has 0 unspecified atom stereocenters. The van der Waals surface area contributed by atoms with Crippen LogP contribution in [0.2, 0.25) is 0 Å². The second-order valence-electron chi connectivity index (χ2n) is 5.97. The molecule has 1 aromatic heterocycles. The summed E-state index contributed by atoms with van der Waals surface area (Å²) in [6, 6.07) is 16.8. The lowest BCUT2D eigenvalue weighted by atomic mass is 10.2. The number of hydrogen-bond donors (Lipinski definition) is 0. The SMILES string of the molecule is C=CC(=O)OCC.C=Cn1c2ccccc2c2ccccc21.CCCS(=O)(=O)OC. The minimum Gasteiger partial charge on any atom is -0.463 e. The molecule has 0 bridgehead atoms. The van der Waals surface area contributed by atoms with Crippen molar-refractivity contribution >= 4 is 44.1 Å². The van der Waals surface area contributed by atoms with Crippen LogP contribution in [0.3, 0.4) is 0 Å². The van der Waals surface area contributed by atoms with Crippen molar-refractivity contribution < 1.29 is 22.1 Å². The first-order valence-corrected chi connectivity index (χ1v) is 11.1. The van der Waals surface area contributed by atoms with Crippen molar-refractivity contribution in [2.24, 2.45) is 0 Å². The summed E-state index contributed by atoms with van der Waals surface area (Å²) in [6.07, 6.45) is 3.62. The van der Waals surface area contributed by atoms with Gasteiger partial charge in [-0.05, 0) is 25.5 Å². The number of aromatic nitrogens is 1. The van der Waals surface area contributed by atoms with Gasteiger partial charge in [0.05, 0.1) is 30.5 Å². The zero-order chi connectivity index (χ0) is 22.6. The standard InChI is InChI=1S/C14H11N.C5H8O2.C4H10O3S/c1-2-15-13-9-5-3-7-11(13)12-8-4-6-10-14(12)15;1-3-5(6)7-4-2;1-3-4-8(5,6)7-2/h2-10H,1H2;3H,1,4H2,2H3;3-4H2,1-2H3. The largest absolute Gasteiger partial charge is 0.463 e. The van der Waals surface area contributed by atoms with Gasteiger partial charge < -0.3 is 9.30 Å². The molecule has 6 nitrogen and oxygen atoms in total. The Balaban J connectivity index is 0.000000257. The smallest absolute Gasteiger partial charge is 0.330 e. The van der Waals surface area contributed by atoms with Crippen LogP contribution < -0.4 is 0 Å². The van der Waals surface area contributed by atoms with Gasteiger partial charge in [0.1, 0.15) is 0 Å². The zero-order valence-corrected chi connectivity index (χ0v) is 18.5. The molecule has 0 saturated heterocycles. The van der Waals surface area contributed by atoms with E-state index in [9.17, 15) is 13.2 Å². The third-order valence-electron chi connectivity index (χ3n) is 3.96. The molecule has 0 aliphatic heterocycles. The molecule has 0 N–H and O–H groups in total. The molecule has 1 heterocycles. The number of rotatable bonds is 6. The second-order valence-corrected chi connectivity index (χ2v) is 7.83. The Hall–Kier alpha value is -2.90. The molecule has 0 amide bonds. The lowest BCUT2D eigenvalue weighted by molar-refractivity contribution is -0.137. The van der Waals surface area contributed by atoms with Gasteiger partial charge in [-0.3, -0.25) is 4.18 Å². The maximum atomic E-state index is 10.4. The fraction of sp³-hybridized carbons (Fsp3) is 0.261. The molecule has 30 heavy (non-hydrogen) atoms. The molecule has 0 saturated carbocycles. The van der Waals surface area contributed by atoms with E-state index >= 15 is 0 Å². The van der Waals surface area contributed by atoms with E-state index < -0.39 is 10.1 Å². The number of nitrogens with zero attached hydrogens (tertiary/aromatic N) is 1. The van der Waals surface area contributed by atoms with Crippen molar-refractivity contribution in [2.45, 2.75) is 20.3 Å². The Labute approximate surface area is 178 Å². The highest BCUT2D eigenvalue weighted by molar-refractivity contribution is 7.86. The molecule has 3 aromatic rings. The predicted molar refractivity (Wildman–Crippen MR) is 124 cm³/mol.